The van der Waals surface area contributed by atoms with Crippen LogP contribution < -0.4 is 10.6 Å². The zero-order valence-corrected chi connectivity index (χ0v) is 18.2. The number of phenols is 1. The smallest absolute Gasteiger partial charge is 0.250 e. The molecule has 0 atom stereocenters. The SMILES string of the molecule is CC(C)c1ccc(/C=C/C(=O)NC(=S)Nc2cc(Br)c(O)c(Br)c2)cc1. The maximum atomic E-state index is 12.0. The molecule has 4 nitrogen and oxygen atoms in total. The van der Waals surface area contributed by atoms with E-state index in [1.807, 2.05) is 12.1 Å². The Morgan fingerprint density at radius 3 is 2.27 bits per heavy atom. The van der Waals surface area contributed by atoms with E-state index in [4.69, 9.17) is 12.2 Å². The number of halogens is 2. The molecule has 0 aliphatic carbocycles. The molecule has 0 saturated carbocycles. The monoisotopic (exact) mass is 496 g/mol. The van der Waals surface area contributed by atoms with Crippen LogP contribution in [0.15, 0.2) is 51.4 Å². The van der Waals surface area contributed by atoms with Gasteiger partial charge in [-0.05, 0) is 79.3 Å². The number of hydrogen-bond acceptors (Lipinski definition) is 3. The molecule has 0 radical (unpaired) electrons. The molecule has 136 valence electrons. The van der Waals surface area contributed by atoms with Crippen LogP contribution in [0.25, 0.3) is 6.08 Å². The van der Waals surface area contributed by atoms with Gasteiger partial charge >= 0.3 is 0 Å². The summed E-state index contributed by atoms with van der Waals surface area (Å²) in [4.78, 5) is 12.0. The lowest BCUT2D eigenvalue weighted by molar-refractivity contribution is -0.115. The van der Waals surface area contributed by atoms with E-state index in [1.165, 1.54) is 11.6 Å². The molecule has 0 aliphatic heterocycles. The first-order valence-electron chi connectivity index (χ1n) is 7.84. The summed E-state index contributed by atoms with van der Waals surface area (Å²) in [5.74, 6) is 0.240. The number of carbonyl (C=O) groups excluding carboxylic acids is 1. The van der Waals surface area contributed by atoms with Gasteiger partial charge < -0.3 is 10.4 Å². The predicted molar refractivity (Wildman–Crippen MR) is 117 cm³/mol. The van der Waals surface area contributed by atoms with E-state index < -0.39 is 0 Å². The molecule has 2 rings (SSSR count). The van der Waals surface area contributed by atoms with Gasteiger partial charge in [-0.25, -0.2) is 0 Å². The molecule has 0 heterocycles. The van der Waals surface area contributed by atoms with Crippen molar-refractivity contribution < 1.29 is 9.90 Å². The third kappa shape index (κ3) is 5.93. The molecule has 0 spiro atoms. The maximum absolute atomic E-state index is 12.0. The number of amides is 1. The summed E-state index contributed by atoms with van der Waals surface area (Å²) < 4.78 is 1.02. The number of benzene rings is 2. The number of rotatable bonds is 4. The highest BCUT2D eigenvalue weighted by atomic mass is 79.9. The van der Waals surface area contributed by atoms with E-state index in [9.17, 15) is 9.90 Å². The molecule has 0 saturated heterocycles. The second-order valence-electron chi connectivity index (χ2n) is 5.89. The molecule has 0 aromatic heterocycles. The van der Waals surface area contributed by atoms with Crippen molar-refractivity contribution in [2.24, 2.45) is 0 Å². The second-order valence-corrected chi connectivity index (χ2v) is 8.00. The van der Waals surface area contributed by atoms with Gasteiger partial charge in [0.15, 0.2) is 5.11 Å². The average Bonchev–Trinajstić information content (AvgIpc) is 2.58. The third-order valence-electron chi connectivity index (χ3n) is 3.54. The average molecular weight is 498 g/mol. The summed E-state index contributed by atoms with van der Waals surface area (Å²) in [6.45, 7) is 4.27. The third-order valence-corrected chi connectivity index (χ3v) is 4.95. The van der Waals surface area contributed by atoms with E-state index in [0.29, 0.717) is 20.6 Å². The van der Waals surface area contributed by atoms with Crippen LogP contribution in [0, 0.1) is 0 Å². The van der Waals surface area contributed by atoms with E-state index in [2.05, 4.69) is 68.5 Å². The Hall–Kier alpha value is -1.70. The van der Waals surface area contributed by atoms with Gasteiger partial charge in [-0.1, -0.05) is 38.1 Å². The molecule has 3 N–H and O–H groups in total. The summed E-state index contributed by atoms with van der Waals surface area (Å²) in [5.41, 5.74) is 2.82. The maximum Gasteiger partial charge on any atom is 0.250 e. The number of hydrogen-bond donors (Lipinski definition) is 3. The van der Waals surface area contributed by atoms with E-state index in [-0.39, 0.29) is 16.8 Å². The predicted octanol–water partition coefficient (Wildman–Crippen LogP) is 5.57. The summed E-state index contributed by atoms with van der Waals surface area (Å²) in [5, 5.41) is 15.3. The number of carbonyl (C=O) groups is 1. The molecule has 0 unspecified atom stereocenters. The molecule has 0 fully saturated rings. The second kappa shape index (κ2) is 9.30. The van der Waals surface area contributed by atoms with Crippen molar-refractivity contribution in [2.75, 3.05) is 5.32 Å². The minimum absolute atomic E-state index is 0.0944. The molecule has 2 aromatic rings. The Labute approximate surface area is 175 Å². The van der Waals surface area contributed by atoms with Gasteiger partial charge in [0.05, 0.1) is 8.95 Å². The standard InChI is InChI=1S/C19H18Br2N2O2S/c1-11(2)13-6-3-12(4-7-13)5-8-17(24)23-19(26)22-14-9-15(20)18(25)16(21)10-14/h3-11,25H,1-2H3,(H2,22,23,24,26)/b8-5+. The van der Waals surface area contributed by atoms with Crippen LogP contribution in [0.4, 0.5) is 5.69 Å². The fourth-order valence-corrected chi connectivity index (χ4v) is 3.52. The van der Waals surface area contributed by atoms with Gasteiger partial charge in [-0.15, -0.1) is 0 Å². The van der Waals surface area contributed by atoms with Gasteiger partial charge in [0, 0.05) is 11.8 Å². The number of nitrogens with one attached hydrogen (secondary N) is 2. The first kappa shape index (κ1) is 20.6. The number of thiocarbonyl (C=S) groups is 1. The van der Waals surface area contributed by atoms with Crippen molar-refractivity contribution in [3.8, 4) is 5.75 Å². The Morgan fingerprint density at radius 2 is 1.73 bits per heavy atom. The lowest BCUT2D eigenvalue weighted by Crippen LogP contribution is -2.32. The van der Waals surface area contributed by atoms with Crippen LogP contribution in [0.5, 0.6) is 5.75 Å². The molecule has 7 heteroatoms. The van der Waals surface area contributed by atoms with E-state index in [1.54, 1.807) is 18.2 Å². The van der Waals surface area contributed by atoms with Crippen molar-refractivity contribution in [1.29, 1.82) is 0 Å². The van der Waals surface area contributed by atoms with E-state index >= 15 is 0 Å². The number of aromatic hydroxyl groups is 1. The van der Waals surface area contributed by atoms with Gasteiger partial charge in [0.2, 0.25) is 5.91 Å². The molecular formula is C19H18Br2N2O2S. The molecule has 2 aromatic carbocycles. The van der Waals surface area contributed by atoms with Crippen molar-refractivity contribution in [1.82, 2.24) is 5.32 Å². The Kier molecular flexibility index (Phi) is 7.37. The summed E-state index contributed by atoms with van der Waals surface area (Å²) in [6, 6.07) is 11.4. The lowest BCUT2D eigenvalue weighted by atomic mass is 10.0. The highest BCUT2D eigenvalue weighted by Gasteiger charge is 2.08. The highest BCUT2D eigenvalue weighted by molar-refractivity contribution is 9.11. The summed E-state index contributed by atoms with van der Waals surface area (Å²) >= 11 is 11.6. The Bertz CT molecular complexity index is 826. The van der Waals surface area contributed by atoms with Crippen LogP contribution in [-0.2, 0) is 4.79 Å². The zero-order valence-electron chi connectivity index (χ0n) is 14.2. The van der Waals surface area contributed by atoms with Crippen molar-refractivity contribution >= 4 is 66.9 Å². The van der Waals surface area contributed by atoms with E-state index in [0.717, 1.165) is 5.56 Å². The zero-order chi connectivity index (χ0) is 19.3. The van der Waals surface area contributed by atoms with Crippen LogP contribution >= 0.6 is 44.1 Å². The van der Waals surface area contributed by atoms with Crippen LogP contribution in [0.2, 0.25) is 0 Å². The van der Waals surface area contributed by atoms with Gasteiger partial charge in [0.25, 0.3) is 0 Å². The minimum Gasteiger partial charge on any atom is -0.506 e. The number of phenolic OH excluding ortho intramolecular Hbond substituents is 1. The van der Waals surface area contributed by atoms with Crippen LogP contribution in [0.3, 0.4) is 0 Å². The molecule has 26 heavy (non-hydrogen) atoms. The quantitative estimate of drug-likeness (QED) is 0.293. The van der Waals surface area contributed by atoms with Crippen molar-refractivity contribution in [2.45, 2.75) is 19.8 Å². The summed E-state index contributed by atoms with van der Waals surface area (Å²) in [7, 11) is 0. The van der Waals surface area contributed by atoms with Crippen molar-refractivity contribution in [3.63, 3.8) is 0 Å². The fraction of sp³-hybridized carbons (Fsp3) is 0.158. The first-order valence-corrected chi connectivity index (χ1v) is 9.83. The Morgan fingerprint density at radius 1 is 1.15 bits per heavy atom. The van der Waals surface area contributed by atoms with Gasteiger partial charge in [-0.3, -0.25) is 10.1 Å². The fourth-order valence-electron chi connectivity index (χ4n) is 2.12. The van der Waals surface area contributed by atoms with Gasteiger partial charge in [0.1, 0.15) is 5.75 Å². The van der Waals surface area contributed by atoms with Crippen LogP contribution in [-0.4, -0.2) is 16.1 Å². The normalized spacial score (nSPS) is 11.0. The lowest BCUT2D eigenvalue weighted by Gasteiger charge is -2.10. The largest absolute Gasteiger partial charge is 0.506 e. The topological polar surface area (TPSA) is 61.4 Å². The molecule has 1 amide bonds. The molecule has 0 bridgehead atoms. The highest BCUT2D eigenvalue weighted by Crippen LogP contribution is 2.35. The Balaban J connectivity index is 1.93. The van der Waals surface area contributed by atoms with Crippen molar-refractivity contribution in [3.05, 3.63) is 62.5 Å². The minimum atomic E-state index is -0.327. The first-order chi connectivity index (χ1) is 12.3. The van der Waals surface area contributed by atoms with Gasteiger partial charge in [-0.2, -0.15) is 0 Å². The summed E-state index contributed by atoms with van der Waals surface area (Å²) in [6.07, 6.45) is 3.16. The molecular weight excluding hydrogens is 480 g/mol. The number of anilines is 1. The van der Waals surface area contributed by atoms with Crippen LogP contribution in [0.1, 0.15) is 30.9 Å². The molecule has 0 aliphatic rings.